The van der Waals surface area contributed by atoms with Gasteiger partial charge >= 0.3 is 12.1 Å². The molecular weight excluding hydrogens is 570 g/mol. The molecular formula is C32H33N3O7S. The number of carbonyl (C=O) groups excluding carboxylic acids is 3. The minimum absolute atomic E-state index is 0.0851. The van der Waals surface area contributed by atoms with Crippen molar-refractivity contribution in [3.05, 3.63) is 95.6 Å². The molecule has 0 radical (unpaired) electrons. The van der Waals surface area contributed by atoms with E-state index in [2.05, 4.69) is 5.32 Å². The van der Waals surface area contributed by atoms with Gasteiger partial charge in [-0.05, 0) is 67.1 Å². The van der Waals surface area contributed by atoms with Crippen molar-refractivity contribution >= 4 is 46.7 Å². The van der Waals surface area contributed by atoms with E-state index in [1.54, 1.807) is 48.5 Å². The van der Waals surface area contributed by atoms with Crippen LogP contribution in [-0.2, 0) is 32.1 Å². The molecule has 1 amide bonds. The number of nitrogen functional groups attached to an aromatic ring is 1. The third-order valence-electron chi connectivity index (χ3n) is 7.26. The lowest BCUT2D eigenvalue weighted by atomic mass is 9.95. The number of likely N-dealkylation sites (tertiary alicyclic amines) is 1. The van der Waals surface area contributed by atoms with Crippen LogP contribution in [-0.4, -0.2) is 51.4 Å². The average molecular weight is 604 g/mol. The number of thiocarbonyl (C=S) groups is 1. The van der Waals surface area contributed by atoms with Crippen LogP contribution in [0, 0.1) is 5.92 Å². The van der Waals surface area contributed by atoms with Crippen LogP contribution in [0.3, 0.4) is 0 Å². The second-order valence-electron chi connectivity index (χ2n) is 10.3. The number of nitrogens with two attached hydrogens (primary N) is 1. The second kappa shape index (κ2) is 14.4. The minimum atomic E-state index is -1.08. The summed E-state index contributed by atoms with van der Waals surface area (Å²) < 4.78 is 10.3. The van der Waals surface area contributed by atoms with Gasteiger partial charge in [-0.15, -0.1) is 0 Å². The normalized spacial score (nSPS) is 16.6. The number of benzene rings is 3. The van der Waals surface area contributed by atoms with Gasteiger partial charge in [0.2, 0.25) is 5.91 Å². The highest BCUT2D eigenvalue weighted by atomic mass is 32.1. The van der Waals surface area contributed by atoms with Crippen molar-refractivity contribution in [3.8, 4) is 5.75 Å². The van der Waals surface area contributed by atoms with E-state index in [1.165, 1.54) is 11.8 Å². The van der Waals surface area contributed by atoms with Gasteiger partial charge in [0.1, 0.15) is 24.2 Å². The van der Waals surface area contributed by atoms with Crippen LogP contribution in [0.5, 0.6) is 5.75 Å². The summed E-state index contributed by atoms with van der Waals surface area (Å²) in [6.45, 7) is 1.25. The number of hydrogen-bond acceptors (Lipinski definition) is 8. The van der Waals surface area contributed by atoms with Crippen molar-refractivity contribution in [2.24, 2.45) is 5.92 Å². The first-order valence-electron chi connectivity index (χ1n) is 13.8. The molecule has 3 aromatic rings. The lowest BCUT2D eigenvalue weighted by molar-refractivity contribution is -0.149. The van der Waals surface area contributed by atoms with E-state index in [1.807, 2.05) is 30.3 Å². The predicted molar refractivity (Wildman–Crippen MR) is 163 cm³/mol. The van der Waals surface area contributed by atoms with Gasteiger partial charge in [-0.25, -0.2) is 9.59 Å². The highest BCUT2D eigenvalue weighted by Crippen LogP contribution is 2.36. The number of carbonyl (C=O) groups is 4. The number of carboxylic acid groups (broad SMARTS) is 1. The van der Waals surface area contributed by atoms with Gasteiger partial charge in [-0.2, -0.15) is 0 Å². The molecule has 10 nitrogen and oxygen atoms in total. The quantitative estimate of drug-likeness (QED) is 0.124. The van der Waals surface area contributed by atoms with Crippen LogP contribution in [0.1, 0.15) is 42.5 Å². The number of rotatable bonds is 11. The molecule has 224 valence electrons. The van der Waals surface area contributed by atoms with Crippen LogP contribution >= 0.6 is 12.2 Å². The highest BCUT2D eigenvalue weighted by Gasteiger charge is 2.41. The summed E-state index contributed by atoms with van der Waals surface area (Å²) in [5, 5.41) is 12.6. The van der Waals surface area contributed by atoms with E-state index in [0.717, 1.165) is 16.7 Å². The molecule has 1 saturated heterocycles. The first-order valence-corrected chi connectivity index (χ1v) is 14.2. The van der Waals surface area contributed by atoms with E-state index >= 15 is 0 Å². The van der Waals surface area contributed by atoms with Crippen LogP contribution in [0.4, 0.5) is 10.5 Å². The maximum atomic E-state index is 13.3. The fourth-order valence-electron chi connectivity index (χ4n) is 5.02. The first-order chi connectivity index (χ1) is 20.6. The number of ketones is 1. The molecule has 3 aromatic carbocycles. The number of amides is 1. The van der Waals surface area contributed by atoms with E-state index < -0.39 is 36.0 Å². The van der Waals surface area contributed by atoms with Gasteiger partial charge < -0.3 is 30.5 Å². The Balaban J connectivity index is 1.33. The molecule has 1 fully saturated rings. The van der Waals surface area contributed by atoms with Gasteiger partial charge in [0.15, 0.2) is 0 Å². The molecule has 4 N–H and O–H groups in total. The number of nitrogens with one attached hydrogen (secondary N) is 1. The van der Waals surface area contributed by atoms with Crippen molar-refractivity contribution in [1.82, 2.24) is 10.2 Å². The van der Waals surface area contributed by atoms with Crippen LogP contribution in [0.15, 0.2) is 78.9 Å². The lowest BCUT2D eigenvalue weighted by Crippen LogP contribution is -2.47. The molecule has 0 aromatic heterocycles. The molecule has 2 unspecified atom stereocenters. The zero-order chi connectivity index (χ0) is 30.9. The number of hydrogen-bond donors (Lipinski definition) is 3. The van der Waals surface area contributed by atoms with E-state index in [-0.39, 0.29) is 36.1 Å². The fraction of sp³-hybridized carbons (Fsp3) is 0.281. The molecule has 11 heteroatoms. The summed E-state index contributed by atoms with van der Waals surface area (Å²) >= 11 is 5.50. The zero-order valence-corrected chi connectivity index (χ0v) is 24.4. The maximum Gasteiger partial charge on any atom is 0.514 e. The largest absolute Gasteiger partial charge is 0.514 e. The Morgan fingerprint density at radius 1 is 0.977 bits per heavy atom. The lowest BCUT2D eigenvalue weighted by Gasteiger charge is -2.29. The fourth-order valence-corrected chi connectivity index (χ4v) is 5.34. The average Bonchev–Trinajstić information content (AvgIpc) is 3.45. The number of anilines is 1. The van der Waals surface area contributed by atoms with Crippen LogP contribution < -0.4 is 15.8 Å². The molecule has 4 rings (SSSR count). The third-order valence-corrected chi connectivity index (χ3v) is 7.69. The van der Waals surface area contributed by atoms with Crippen LogP contribution in [0.2, 0.25) is 0 Å². The van der Waals surface area contributed by atoms with Crippen molar-refractivity contribution in [3.63, 3.8) is 0 Å². The smallest absolute Gasteiger partial charge is 0.480 e. The summed E-state index contributed by atoms with van der Waals surface area (Å²) in [5.74, 6) is -2.14. The maximum absolute atomic E-state index is 13.3. The molecule has 0 saturated carbocycles. The molecule has 1 aliphatic heterocycles. The van der Waals surface area contributed by atoms with E-state index in [9.17, 15) is 24.3 Å². The third kappa shape index (κ3) is 8.39. The predicted octanol–water partition coefficient (Wildman–Crippen LogP) is 4.47. The Hall–Kier alpha value is -4.77. The van der Waals surface area contributed by atoms with Crippen molar-refractivity contribution in [1.29, 1.82) is 0 Å². The summed E-state index contributed by atoms with van der Waals surface area (Å²) in [7, 11) is 0. The van der Waals surface area contributed by atoms with Crippen molar-refractivity contribution < 1.29 is 33.8 Å². The number of aliphatic carboxylic acids is 1. The Morgan fingerprint density at radius 2 is 1.65 bits per heavy atom. The Bertz CT molecular complexity index is 1460. The minimum Gasteiger partial charge on any atom is -0.480 e. The number of carboxylic acids is 1. The van der Waals surface area contributed by atoms with Crippen molar-refractivity contribution in [2.45, 2.75) is 44.9 Å². The summed E-state index contributed by atoms with van der Waals surface area (Å²) in [6.07, 6.45) is 0.234. The number of ether oxygens (including phenoxy) is 2. The monoisotopic (exact) mass is 603 g/mol. The van der Waals surface area contributed by atoms with E-state index in [0.29, 0.717) is 18.5 Å². The summed E-state index contributed by atoms with van der Waals surface area (Å²) in [4.78, 5) is 51.3. The van der Waals surface area contributed by atoms with Gasteiger partial charge in [0.25, 0.3) is 0 Å². The number of Topliss-reactive ketones (excluding diaryl/α,β-unsaturated/α-hetero) is 1. The summed E-state index contributed by atoms with van der Waals surface area (Å²) in [5.41, 5.74) is 8.75. The van der Waals surface area contributed by atoms with Gasteiger partial charge in [0, 0.05) is 5.69 Å². The first kappa shape index (κ1) is 31.2. The molecule has 0 aliphatic carbocycles. The molecule has 1 aliphatic rings. The molecule has 3 atom stereocenters. The molecule has 1 heterocycles. The number of nitrogens with zero attached hydrogens (tertiary/aromatic N) is 1. The zero-order valence-electron chi connectivity index (χ0n) is 23.6. The molecule has 0 bridgehead atoms. The summed E-state index contributed by atoms with van der Waals surface area (Å²) in [6, 6.07) is 21.5. The Kier molecular flexibility index (Phi) is 10.4. The SMILES string of the molecule is CC(=O)C(Cc1ccc(OC(=O)OCc2ccccc2)cc1)C(=S)NCC(=O)N1C(c2ccc(N)cc2)CC[C@H]1C(=O)O. The van der Waals surface area contributed by atoms with Gasteiger partial charge in [0.05, 0.1) is 23.5 Å². The van der Waals surface area contributed by atoms with Gasteiger partial charge in [-0.1, -0.05) is 66.8 Å². The molecule has 43 heavy (non-hydrogen) atoms. The standard InChI is InChI=1S/C32H33N3O7S/c1-20(36)26(17-21-7-13-25(14-8-21)42-32(40)41-19-22-5-3-2-4-6-22)30(43)34-18-29(37)35-27(15-16-28(35)31(38)39)23-9-11-24(33)12-10-23/h2-14,26-28H,15-19,33H2,1H3,(H,34,43)(H,38,39)/t26?,27?,28-/m0/s1. The topological polar surface area (TPSA) is 148 Å². The van der Waals surface area contributed by atoms with Crippen molar-refractivity contribution in [2.75, 3.05) is 12.3 Å². The second-order valence-corrected chi connectivity index (χ2v) is 10.7. The van der Waals surface area contributed by atoms with Gasteiger partial charge in [-0.3, -0.25) is 9.59 Å². The van der Waals surface area contributed by atoms with E-state index in [4.69, 9.17) is 27.4 Å². The molecule has 0 spiro atoms. The Morgan fingerprint density at radius 3 is 2.28 bits per heavy atom. The Labute approximate surface area is 254 Å². The van der Waals surface area contributed by atoms with Crippen LogP contribution in [0.25, 0.3) is 0 Å². The highest BCUT2D eigenvalue weighted by molar-refractivity contribution is 7.80.